The number of amides is 1. The minimum Gasteiger partial charge on any atom is -0.359 e. The lowest BCUT2D eigenvalue weighted by Crippen LogP contribution is -2.47. The number of carbonyl (C=O) groups excluding carboxylic acids is 1. The number of anilines is 1. The van der Waals surface area contributed by atoms with E-state index in [1.54, 1.807) is 6.92 Å². The summed E-state index contributed by atoms with van der Waals surface area (Å²) in [4.78, 5) is 15.3. The molecule has 1 amide bonds. The van der Waals surface area contributed by atoms with Gasteiger partial charge in [0.1, 0.15) is 17.6 Å². The van der Waals surface area contributed by atoms with E-state index in [0.29, 0.717) is 0 Å². The van der Waals surface area contributed by atoms with Crippen molar-refractivity contribution in [2.45, 2.75) is 45.5 Å². The lowest BCUT2D eigenvalue weighted by molar-refractivity contribution is -0.141. The molecule has 20 heavy (non-hydrogen) atoms. The lowest BCUT2D eigenvalue weighted by atomic mass is 10.1. The van der Waals surface area contributed by atoms with Crippen molar-refractivity contribution < 1.29 is 18.0 Å². The van der Waals surface area contributed by atoms with Gasteiger partial charge in [0.25, 0.3) is 0 Å². The molecule has 112 valence electrons. The molecule has 0 spiro atoms. The van der Waals surface area contributed by atoms with Crippen molar-refractivity contribution >= 4 is 11.7 Å². The molecular formula is C13H18F3N3O. The summed E-state index contributed by atoms with van der Waals surface area (Å²) < 4.78 is 37.6. The van der Waals surface area contributed by atoms with Crippen molar-refractivity contribution in [2.75, 3.05) is 5.32 Å². The van der Waals surface area contributed by atoms with Gasteiger partial charge in [0.2, 0.25) is 5.91 Å². The van der Waals surface area contributed by atoms with Gasteiger partial charge in [0.15, 0.2) is 0 Å². The number of alkyl halides is 3. The zero-order valence-corrected chi connectivity index (χ0v) is 11.8. The summed E-state index contributed by atoms with van der Waals surface area (Å²) >= 11 is 0. The quantitative estimate of drug-likeness (QED) is 0.899. The summed E-state index contributed by atoms with van der Waals surface area (Å²) in [6.07, 6.45) is -4.51. The van der Waals surface area contributed by atoms with Crippen LogP contribution in [0.3, 0.4) is 0 Å². The first kappa shape index (κ1) is 16.3. The molecule has 1 atom stereocenters. The van der Waals surface area contributed by atoms with E-state index in [4.69, 9.17) is 0 Å². The smallest absolute Gasteiger partial charge is 0.359 e. The molecule has 2 N–H and O–H groups in total. The largest absolute Gasteiger partial charge is 0.433 e. The first-order chi connectivity index (χ1) is 8.99. The van der Waals surface area contributed by atoms with Gasteiger partial charge in [-0.05, 0) is 39.8 Å². The van der Waals surface area contributed by atoms with Crippen LogP contribution >= 0.6 is 0 Å². The average molecular weight is 289 g/mol. The van der Waals surface area contributed by atoms with E-state index < -0.39 is 23.5 Å². The molecule has 0 radical (unpaired) electrons. The fourth-order valence-corrected chi connectivity index (χ4v) is 1.44. The number of hydrogen-bond acceptors (Lipinski definition) is 3. The Bertz CT molecular complexity index is 480. The van der Waals surface area contributed by atoms with Gasteiger partial charge in [-0.15, -0.1) is 0 Å². The van der Waals surface area contributed by atoms with Gasteiger partial charge in [-0.3, -0.25) is 4.79 Å². The van der Waals surface area contributed by atoms with Gasteiger partial charge in [-0.1, -0.05) is 6.07 Å². The third kappa shape index (κ3) is 5.07. The molecule has 7 heteroatoms. The van der Waals surface area contributed by atoms with Crippen LogP contribution in [0.1, 0.15) is 33.4 Å². The zero-order valence-electron chi connectivity index (χ0n) is 11.8. The Balaban J connectivity index is 2.76. The number of halogens is 3. The molecular weight excluding hydrogens is 271 g/mol. The highest BCUT2D eigenvalue weighted by Crippen LogP contribution is 2.28. The number of nitrogens with one attached hydrogen (secondary N) is 2. The molecule has 1 aromatic rings. The Morgan fingerprint density at radius 1 is 1.25 bits per heavy atom. The molecule has 1 heterocycles. The van der Waals surface area contributed by atoms with E-state index in [2.05, 4.69) is 15.6 Å². The molecule has 0 aliphatic rings. The minimum atomic E-state index is -4.51. The van der Waals surface area contributed by atoms with E-state index in [0.717, 1.165) is 6.07 Å². The SMILES string of the molecule is CC(Nc1cccc(C(F)(F)F)n1)C(=O)NC(C)(C)C. The predicted molar refractivity (Wildman–Crippen MR) is 70.2 cm³/mol. The van der Waals surface area contributed by atoms with Gasteiger partial charge in [0.05, 0.1) is 0 Å². The highest BCUT2D eigenvalue weighted by Gasteiger charge is 2.32. The summed E-state index contributed by atoms with van der Waals surface area (Å²) in [6, 6.07) is 2.82. The van der Waals surface area contributed by atoms with Crippen molar-refractivity contribution in [1.29, 1.82) is 0 Å². The van der Waals surface area contributed by atoms with Crippen LogP contribution in [0.2, 0.25) is 0 Å². The van der Waals surface area contributed by atoms with E-state index in [1.165, 1.54) is 12.1 Å². The van der Waals surface area contributed by atoms with E-state index >= 15 is 0 Å². The van der Waals surface area contributed by atoms with Gasteiger partial charge in [0, 0.05) is 5.54 Å². The van der Waals surface area contributed by atoms with Crippen molar-refractivity contribution in [3.63, 3.8) is 0 Å². The molecule has 0 aliphatic carbocycles. The van der Waals surface area contributed by atoms with Crippen LogP contribution in [0.25, 0.3) is 0 Å². The maximum Gasteiger partial charge on any atom is 0.433 e. The molecule has 0 bridgehead atoms. The molecule has 0 saturated carbocycles. The number of pyridine rings is 1. The Hall–Kier alpha value is -1.79. The van der Waals surface area contributed by atoms with Crippen molar-refractivity contribution in [3.8, 4) is 0 Å². The van der Waals surface area contributed by atoms with E-state index in [1.807, 2.05) is 20.8 Å². The average Bonchev–Trinajstić information content (AvgIpc) is 2.25. The van der Waals surface area contributed by atoms with Gasteiger partial charge in [-0.25, -0.2) is 4.98 Å². The number of nitrogens with zero attached hydrogens (tertiary/aromatic N) is 1. The molecule has 1 aromatic heterocycles. The van der Waals surface area contributed by atoms with Gasteiger partial charge in [-0.2, -0.15) is 13.2 Å². The zero-order chi connectivity index (χ0) is 15.6. The van der Waals surface area contributed by atoms with Crippen molar-refractivity contribution in [1.82, 2.24) is 10.3 Å². The highest BCUT2D eigenvalue weighted by atomic mass is 19.4. The second-order valence-corrected chi connectivity index (χ2v) is 5.51. The van der Waals surface area contributed by atoms with Crippen LogP contribution in [0.5, 0.6) is 0 Å². The second kappa shape index (κ2) is 5.68. The third-order valence-corrected chi connectivity index (χ3v) is 2.30. The summed E-state index contributed by atoms with van der Waals surface area (Å²) in [5.74, 6) is -0.298. The third-order valence-electron chi connectivity index (χ3n) is 2.30. The van der Waals surface area contributed by atoms with Crippen molar-refractivity contribution in [2.24, 2.45) is 0 Å². The standard InChI is InChI=1S/C13H18F3N3O/c1-8(11(20)19-12(2,3)4)17-10-7-5-6-9(18-10)13(14,15)16/h5-8H,1-4H3,(H,17,18)(H,19,20). The topological polar surface area (TPSA) is 54.0 Å². The first-order valence-electron chi connectivity index (χ1n) is 6.12. The number of carbonyl (C=O) groups is 1. The summed E-state index contributed by atoms with van der Waals surface area (Å²) in [7, 11) is 0. The Morgan fingerprint density at radius 3 is 2.35 bits per heavy atom. The van der Waals surface area contributed by atoms with Crippen LogP contribution in [0.15, 0.2) is 18.2 Å². The number of aromatic nitrogens is 1. The maximum atomic E-state index is 12.5. The fraction of sp³-hybridized carbons (Fsp3) is 0.538. The van der Waals surface area contributed by atoms with Crippen LogP contribution in [-0.4, -0.2) is 22.5 Å². The molecule has 0 fully saturated rings. The summed E-state index contributed by atoms with van der Waals surface area (Å²) in [5.41, 5.74) is -1.40. The van der Waals surface area contributed by atoms with Crippen LogP contribution in [0.4, 0.5) is 19.0 Å². The van der Waals surface area contributed by atoms with Crippen LogP contribution in [-0.2, 0) is 11.0 Å². The summed E-state index contributed by atoms with van der Waals surface area (Å²) in [5, 5.41) is 5.39. The molecule has 0 aromatic carbocycles. The lowest BCUT2D eigenvalue weighted by Gasteiger charge is -2.24. The Morgan fingerprint density at radius 2 is 1.85 bits per heavy atom. The van der Waals surface area contributed by atoms with Gasteiger partial charge < -0.3 is 10.6 Å². The van der Waals surface area contributed by atoms with E-state index in [9.17, 15) is 18.0 Å². The maximum absolute atomic E-state index is 12.5. The van der Waals surface area contributed by atoms with Crippen molar-refractivity contribution in [3.05, 3.63) is 23.9 Å². The second-order valence-electron chi connectivity index (χ2n) is 5.51. The minimum absolute atomic E-state index is 0.0105. The highest BCUT2D eigenvalue weighted by molar-refractivity contribution is 5.84. The monoisotopic (exact) mass is 289 g/mol. The number of rotatable bonds is 3. The molecule has 1 unspecified atom stereocenters. The summed E-state index contributed by atoms with van der Waals surface area (Å²) in [6.45, 7) is 7.02. The molecule has 0 saturated heterocycles. The normalized spacial score (nSPS) is 13.8. The molecule has 1 rings (SSSR count). The number of hydrogen-bond donors (Lipinski definition) is 2. The Kier molecular flexibility index (Phi) is 4.62. The predicted octanol–water partition coefficient (Wildman–Crippen LogP) is 2.82. The van der Waals surface area contributed by atoms with Crippen LogP contribution in [0, 0.1) is 0 Å². The Labute approximate surface area is 115 Å². The molecule has 4 nitrogen and oxygen atoms in total. The first-order valence-corrected chi connectivity index (χ1v) is 6.12. The fourth-order valence-electron chi connectivity index (χ4n) is 1.44. The molecule has 0 aliphatic heterocycles. The van der Waals surface area contributed by atoms with E-state index in [-0.39, 0.29) is 11.7 Å². The van der Waals surface area contributed by atoms with Gasteiger partial charge >= 0.3 is 6.18 Å². The van der Waals surface area contributed by atoms with Crippen LogP contribution < -0.4 is 10.6 Å².